The number of carboxylic acid groups (broad SMARTS) is 1. The Kier molecular flexibility index (Phi) is 3.84. The molecule has 0 saturated carbocycles. The van der Waals surface area contributed by atoms with Crippen LogP contribution in [0.2, 0.25) is 0 Å². The highest BCUT2D eigenvalue weighted by molar-refractivity contribution is 5.94. The number of ketones is 1. The van der Waals surface area contributed by atoms with Crippen molar-refractivity contribution in [3.8, 4) is 11.5 Å². The molecule has 4 nitrogen and oxygen atoms in total. The third-order valence-electron chi connectivity index (χ3n) is 2.85. The Hall–Kier alpha value is -2.62. The van der Waals surface area contributed by atoms with Crippen LogP contribution in [0.3, 0.4) is 0 Å². The van der Waals surface area contributed by atoms with Crippen molar-refractivity contribution in [2.45, 2.75) is 13.8 Å². The molecule has 0 heterocycles. The van der Waals surface area contributed by atoms with Gasteiger partial charge in [-0.3, -0.25) is 4.79 Å². The number of benzene rings is 2. The SMILES string of the molecule is CC(=O)c1ccc(Oc2ccc(C)cc2C(=O)O)cc1. The Bertz CT molecular complexity index is 657. The summed E-state index contributed by atoms with van der Waals surface area (Å²) in [5.74, 6) is -0.304. The van der Waals surface area contributed by atoms with Crippen molar-refractivity contribution in [2.75, 3.05) is 0 Å². The fourth-order valence-electron chi connectivity index (χ4n) is 1.78. The number of carboxylic acids is 1. The lowest BCUT2D eigenvalue weighted by Gasteiger charge is -2.09. The Morgan fingerprint density at radius 3 is 2.25 bits per heavy atom. The van der Waals surface area contributed by atoms with Gasteiger partial charge in [-0.2, -0.15) is 0 Å². The van der Waals surface area contributed by atoms with E-state index in [2.05, 4.69) is 0 Å². The van der Waals surface area contributed by atoms with Gasteiger partial charge in [0.2, 0.25) is 0 Å². The Morgan fingerprint density at radius 2 is 1.70 bits per heavy atom. The molecule has 2 rings (SSSR count). The largest absolute Gasteiger partial charge is 0.478 e. The van der Waals surface area contributed by atoms with Gasteiger partial charge in [-0.05, 0) is 50.2 Å². The number of rotatable bonds is 4. The summed E-state index contributed by atoms with van der Waals surface area (Å²) in [4.78, 5) is 22.4. The summed E-state index contributed by atoms with van der Waals surface area (Å²) in [7, 11) is 0. The molecule has 1 N–H and O–H groups in total. The summed E-state index contributed by atoms with van der Waals surface area (Å²) in [5, 5.41) is 9.16. The number of carbonyl (C=O) groups is 2. The maximum absolute atomic E-state index is 11.2. The average Bonchev–Trinajstić information content (AvgIpc) is 2.41. The fraction of sp³-hybridized carbons (Fsp3) is 0.125. The number of aryl methyl sites for hydroxylation is 1. The van der Waals surface area contributed by atoms with E-state index in [0.717, 1.165) is 5.56 Å². The molecule has 0 aliphatic rings. The van der Waals surface area contributed by atoms with Crippen molar-refractivity contribution in [3.63, 3.8) is 0 Å². The van der Waals surface area contributed by atoms with E-state index in [1.807, 2.05) is 6.92 Å². The molecule has 102 valence electrons. The lowest BCUT2D eigenvalue weighted by atomic mass is 10.1. The molecule has 0 fully saturated rings. The zero-order valence-corrected chi connectivity index (χ0v) is 11.2. The molecule has 0 saturated heterocycles. The second-order valence-electron chi connectivity index (χ2n) is 4.49. The van der Waals surface area contributed by atoms with Gasteiger partial charge < -0.3 is 9.84 Å². The third kappa shape index (κ3) is 3.03. The van der Waals surface area contributed by atoms with Gasteiger partial charge in [-0.15, -0.1) is 0 Å². The number of carbonyl (C=O) groups excluding carboxylic acids is 1. The van der Waals surface area contributed by atoms with Gasteiger partial charge >= 0.3 is 5.97 Å². The number of ether oxygens (including phenoxy) is 1. The van der Waals surface area contributed by atoms with Crippen molar-refractivity contribution in [2.24, 2.45) is 0 Å². The molecular formula is C16H14O4. The fourth-order valence-corrected chi connectivity index (χ4v) is 1.78. The minimum absolute atomic E-state index is 0.0295. The van der Waals surface area contributed by atoms with Crippen LogP contribution in [0.1, 0.15) is 33.2 Å². The molecule has 4 heteroatoms. The van der Waals surface area contributed by atoms with E-state index in [1.165, 1.54) is 6.92 Å². The second-order valence-corrected chi connectivity index (χ2v) is 4.49. The van der Waals surface area contributed by atoms with E-state index < -0.39 is 5.97 Å². The molecule has 0 amide bonds. The van der Waals surface area contributed by atoms with Gasteiger partial charge in [0, 0.05) is 5.56 Å². The molecule has 0 bridgehead atoms. The molecule has 0 spiro atoms. The van der Waals surface area contributed by atoms with Crippen molar-refractivity contribution in [1.82, 2.24) is 0 Å². The lowest BCUT2D eigenvalue weighted by Crippen LogP contribution is -2.00. The number of Topliss-reactive ketones (excluding diaryl/α,β-unsaturated/α-hetero) is 1. The minimum Gasteiger partial charge on any atom is -0.478 e. The second kappa shape index (κ2) is 5.57. The van der Waals surface area contributed by atoms with Gasteiger partial charge in [0.25, 0.3) is 0 Å². The highest BCUT2D eigenvalue weighted by Crippen LogP contribution is 2.26. The van der Waals surface area contributed by atoms with E-state index in [1.54, 1.807) is 42.5 Å². The predicted octanol–water partition coefficient (Wildman–Crippen LogP) is 3.69. The molecule has 0 unspecified atom stereocenters. The van der Waals surface area contributed by atoms with Crippen LogP contribution in [0.25, 0.3) is 0 Å². The highest BCUT2D eigenvalue weighted by atomic mass is 16.5. The van der Waals surface area contributed by atoms with Crippen LogP contribution in [0.4, 0.5) is 0 Å². The summed E-state index contributed by atoms with van der Waals surface area (Å²) in [6.07, 6.45) is 0. The molecule has 2 aromatic rings. The topological polar surface area (TPSA) is 63.6 Å². The van der Waals surface area contributed by atoms with Crippen LogP contribution in [0.15, 0.2) is 42.5 Å². The smallest absolute Gasteiger partial charge is 0.339 e. The van der Waals surface area contributed by atoms with E-state index in [-0.39, 0.29) is 17.1 Å². The molecule has 0 aliphatic carbocycles. The van der Waals surface area contributed by atoms with Gasteiger partial charge in [0.15, 0.2) is 5.78 Å². The molecule has 0 aliphatic heterocycles. The monoisotopic (exact) mass is 270 g/mol. The van der Waals surface area contributed by atoms with Crippen molar-refractivity contribution >= 4 is 11.8 Å². The van der Waals surface area contributed by atoms with Gasteiger partial charge in [0.1, 0.15) is 17.1 Å². The number of hydrogen-bond donors (Lipinski definition) is 1. The molecule has 0 atom stereocenters. The van der Waals surface area contributed by atoms with Gasteiger partial charge in [-0.1, -0.05) is 11.6 Å². The van der Waals surface area contributed by atoms with Crippen molar-refractivity contribution in [1.29, 1.82) is 0 Å². The van der Waals surface area contributed by atoms with E-state index in [9.17, 15) is 9.59 Å². The summed E-state index contributed by atoms with van der Waals surface area (Å²) in [6, 6.07) is 11.5. The maximum Gasteiger partial charge on any atom is 0.339 e. The summed E-state index contributed by atoms with van der Waals surface area (Å²) >= 11 is 0. The van der Waals surface area contributed by atoms with Gasteiger partial charge in [0.05, 0.1) is 0 Å². The quantitative estimate of drug-likeness (QED) is 0.860. The first-order valence-corrected chi connectivity index (χ1v) is 6.10. The maximum atomic E-state index is 11.2. The van der Waals surface area contributed by atoms with Crippen LogP contribution >= 0.6 is 0 Å². The first kappa shape index (κ1) is 13.8. The zero-order chi connectivity index (χ0) is 14.7. The third-order valence-corrected chi connectivity index (χ3v) is 2.85. The van der Waals surface area contributed by atoms with Crippen LogP contribution in [-0.2, 0) is 0 Å². The normalized spacial score (nSPS) is 10.1. The Balaban J connectivity index is 2.30. The Morgan fingerprint density at radius 1 is 1.05 bits per heavy atom. The highest BCUT2D eigenvalue weighted by Gasteiger charge is 2.12. The summed E-state index contributed by atoms with van der Waals surface area (Å²) < 4.78 is 5.57. The molecular weight excluding hydrogens is 256 g/mol. The van der Waals surface area contributed by atoms with E-state index >= 15 is 0 Å². The first-order valence-electron chi connectivity index (χ1n) is 6.10. The van der Waals surface area contributed by atoms with Crippen LogP contribution in [0, 0.1) is 6.92 Å². The predicted molar refractivity (Wildman–Crippen MR) is 74.7 cm³/mol. The standard InChI is InChI=1S/C16H14O4/c1-10-3-8-15(14(9-10)16(18)19)20-13-6-4-12(5-7-13)11(2)17/h3-9H,1-2H3,(H,18,19). The first-order chi connectivity index (χ1) is 9.47. The summed E-state index contributed by atoms with van der Waals surface area (Å²) in [6.45, 7) is 3.30. The number of hydrogen-bond acceptors (Lipinski definition) is 3. The Labute approximate surface area is 116 Å². The van der Waals surface area contributed by atoms with Crippen LogP contribution in [0.5, 0.6) is 11.5 Å². The average molecular weight is 270 g/mol. The molecule has 0 radical (unpaired) electrons. The van der Waals surface area contributed by atoms with Crippen LogP contribution < -0.4 is 4.74 Å². The summed E-state index contributed by atoms with van der Waals surface area (Å²) in [5.41, 5.74) is 1.54. The molecule has 2 aromatic carbocycles. The number of aromatic carboxylic acids is 1. The minimum atomic E-state index is -1.04. The van der Waals surface area contributed by atoms with Gasteiger partial charge in [-0.25, -0.2) is 4.79 Å². The lowest BCUT2D eigenvalue weighted by molar-refractivity contribution is 0.0694. The van der Waals surface area contributed by atoms with Crippen molar-refractivity contribution < 1.29 is 19.4 Å². The van der Waals surface area contributed by atoms with Crippen LogP contribution in [-0.4, -0.2) is 16.9 Å². The molecule has 20 heavy (non-hydrogen) atoms. The van der Waals surface area contributed by atoms with Crippen molar-refractivity contribution in [3.05, 3.63) is 59.2 Å². The zero-order valence-electron chi connectivity index (χ0n) is 11.2. The van der Waals surface area contributed by atoms with E-state index in [4.69, 9.17) is 9.84 Å². The van der Waals surface area contributed by atoms with E-state index in [0.29, 0.717) is 11.3 Å². The molecule has 0 aromatic heterocycles.